The molecule has 3 rings (SSSR count). The molecule has 0 bridgehead atoms. The molecule has 2 aromatic carbocycles. The van der Waals surface area contributed by atoms with E-state index in [-0.39, 0.29) is 11.3 Å². The van der Waals surface area contributed by atoms with E-state index in [1.807, 2.05) is 5.32 Å². The molecule has 9 nitrogen and oxygen atoms in total. The molecule has 1 aliphatic heterocycles. The lowest BCUT2D eigenvalue weighted by molar-refractivity contribution is -0.385. The summed E-state index contributed by atoms with van der Waals surface area (Å²) in [6.45, 7) is 0. The molecular weight excluding hydrogens is 361 g/mol. The van der Waals surface area contributed by atoms with Gasteiger partial charge in [-0.25, -0.2) is 14.1 Å². The smallest absolute Gasteiger partial charge is 0.335 e. The number of phenols is 1. The van der Waals surface area contributed by atoms with Gasteiger partial charge in [-0.2, -0.15) is 0 Å². The van der Waals surface area contributed by atoms with Crippen LogP contribution in [0.4, 0.5) is 20.6 Å². The number of barbiturate groups is 1. The van der Waals surface area contributed by atoms with Gasteiger partial charge in [0.15, 0.2) is 0 Å². The Balaban J connectivity index is 2.06. The molecule has 0 atom stereocenters. The Morgan fingerprint density at radius 3 is 2.41 bits per heavy atom. The zero-order chi connectivity index (χ0) is 19.7. The van der Waals surface area contributed by atoms with Crippen LogP contribution in [0.25, 0.3) is 6.08 Å². The van der Waals surface area contributed by atoms with Crippen molar-refractivity contribution < 1.29 is 28.8 Å². The van der Waals surface area contributed by atoms with Gasteiger partial charge in [0.05, 0.1) is 10.6 Å². The molecule has 1 aliphatic rings. The number of nitrogens with zero attached hydrogens (tertiary/aromatic N) is 2. The predicted octanol–water partition coefficient (Wildman–Crippen LogP) is 2.11. The van der Waals surface area contributed by atoms with Crippen LogP contribution in [0.1, 0.15) is 5.56 Å². The van der Waals surface area contributed by atoms with Crippen molar-refractivity contribution in [3.8, 4) is 5.75 Å². The molecule has 1 saturated heterocycles. The van der Waals surface area contributed by atoms with E-state index in [9.17, 15) is 34.0 Å². The van der Waals surface area contributed by atoms with E-state index in [0.717, 1.165) is 24.3 Å². The van der Waals surface area contributed by atoms with Crippen LogP contribution < -0.4 is 10.2 Å². The number of hydrogen-bond acceptors (Lipinski definition) is 6. The summed E-state index contributed by atoms with van der Waals surface area (Å²) in [4.78, 5) is 47.4. The number of nitro benzene ring substituents is 1. The summed E-state index contributed by atoms with van der Waals surface area (Å²) in [7, 11) is 0. The van der Waals surface area contributed by atoms with Gasteiger partial charge in [0.2, 0.25) is 5.75 Å². The first-order valence-corrected chi connectivity index (χ1v) is 7.43. The topological polar surface area (TPSA) is 130 Å². The van der Waals surface area contributed by atoms with Gasteiger partial charge < -0.3 is 5.11 Å². The van der Waals surface area contributed by atoms with Gasteiger partial charge in [-0.1, -0.05) is 12.1 Å². The summed E-state index contributed by atoms with van der Waals surface area (Å²) in [5, 5.41) is 22.8. The summed E-state index contributed by atoms with van der Waals surface area (Å²) < 4.78 is 13.1. The zero-order valence-corrected chi connectivity index (χ0v) is 13.4. The van der Waals surface area contributed by atoms with Crippen LogP contribution in [-0.2, 0) is 9.59 Å². The second-order valence-electron chi connectivity index (χ2n) is 5.41. The number of phenolic OH excluding ortho intramolecular Hbond substituents is 1. The highest BCUT2D eigenvalue weighted by molar-refractivity contribution is 6.39. The lowest BCUT2D eigenvalue weighted by Gasteiger charge is -2.26. The van der Waals surface area contributed by atoms with E-state index in [1.54, 1.807) is 0 Å². The standard InChI is InChI=1S/C17H10FN3O6/c18-10-4-6-11(7-5-10)20-16(24)12(15(23)19-17(20)25)8-9-2-1-3-13(14(9)22)21(26)27/h1-8,22H,(H,19,23,25)/b12-8+. The van der Waals surface area contributed by atoms with E-state index < -0.39 is 45.6 Å². The van der Waals surface area contributed by atoms with Gasteiger partial charge in [-0.3, -0.25) is 25.0 Å². The highest BCUT2D eigenvalue weighted by Gasteiger charge is 2.37. The Morgan fingerprint density at radius 1 is 1.11 bits per heavy atom. The first-order chi connectivity index (χ1) is 12.8. The number of amides is 4. The maximum absolute atomic E-state index is 13.1. The first-order valence-electron chi connectivity index (χ1n) is 7.43. The Bertz CT molecular complexity index is 1020. The van der Waals surface area contributed by atoms with Crippen molar-refractivity contribution in [3.05, 3.63) is 69.5 Å². The minimum atomic E-state index is -1.03. The number of anilines is 1. The summed E-state index contributed by atoms with van der Waals surface area (Å²) in [6.07, 6.45) is 0.933. The summed E-state index contributed by atoms with van der Waals surface area (Å²) in [5.41, 5.74) is -1.29. The summed E-state index contributed by atoms with van der Waals surface area (Å²) in [6, 6.07) is 6.94. The number of aromatic hydroxyl groups is 1. The van der Waals surface area contributed by atoms with Crippen molar-refractivity contribution in [1.82, 2.24) is 5.32 Å². The number of nitro groups is 1. The molecule has 136 valence electrons. The van der Waals surface area contributed by atoms with Crippen LogP contribution in [-0.4, -0.2) is 27.9 Å². The average molecular weight is 371 g/mol. The molecule has 10 heteroatoms. The van der Waals surface area contributed by atoms with Crippen molar-refractivity contribution >= 4 is 35.3 Å². The number of hydrogen-bond donors (Lipinski definition) is 2. The number of imide groups is 2. The van der Waals surface area contributed by atoms with Gasteiger partial charge in [0, 0.05) is 11.6 Å². The lowest BCUT2D eigenvalue weighted by atomic mass is 10.1. The van der Waals surface area contributed by atoms with Crippen LogP contribution in [0.3, 0.4) is 0 Å². The molecule has 0 aromatic heterocycles. The number of carbonyl (C=O) groups is 3. The van der Waals surface area contributed by atoms with E-state index in [1.165, 1.54) is 24.3 Å². The molecule has 0 unspecified atom stereocenters. The van der Waals surface area contributed by atoms with Crippen molar-refractivity contribution in [2.24, 2.45) is 0 Å². The number of halogens is 1. The summed E-state index contributed by atoms with van der Waals surface area (Å²) in [5.74, 6) is -3.38. The first kappa shape index (κ1) is 17.7. The largest absolute Gasteiger partial charge is 0.502 e. The van der Waals surface area contributed by atoms with E-state index in [0.29, 0.717) is 4.90 Å². The second-order valence-corrected chi connectivity index (χ2v) is 5.41. The maximum atomic E-state index is 13.1. The third-order valence-corrected chi connectivity index (χ3v) is 3.73. The van der Waals surface area contributed by atoms with Gasteiger partial charge >= 0.3 is 11.7 Å². The normalized spacial score (nSPS) is 15.8. The van der Waals surface area contributed by atoms with Crippen molar-refractivity contribution in [1.29, 1.82) is 0 Å². The van der Waals surface area contributed by atoms with E-state index in [2.05, 4.69) is 0 Å². The van der Waals surface area contributed by atoms with Crippen molar-refractivity contribution in [2.75, 3.05) is 4.90 Å². The molecule has 2 aromatic rings. The average Bonchev–Trinajstić information content (AvgIpc) is 2.61. The molecular formula is C17H10FN3O6. The Kier molecular flexibility index (Phi) is 4.38. The highest BCUT2D eigenvalue weighted by Crippen LogP contribution is 2.31. The molecule has 0 saturated carbocycles. The summed E-state index contributed by atoms with van der Waals surface area (Å²) >= 11 is 0. The monoisotopic (exact) mass is 371 g/mol. The number of rotatable bonds is 3. The Morgan fingerprint density at radius 2 is 1.78 bits per heavy atom. The minimum Gasteiger partial charge on any atom is -0.502 e. The number of nitrogens with one attached hydrogen (secondary N) is 1. The van der Waals surface area contributed by atoms with Crippen molar-refractivity contribution in [3.63, 3.8) is 0 Å². The number of carbonyl (C=O) groups excluding carboxylic acids is 3. The second kappa shape index (κ2) is 6.67. The Labute approximate surface area is 150 Å². The number of benzene rings is 2. The van der Waals surface area contributed by atoms with Gasteiger partial charge in [-0.15, -0.1) is 0 Å². The predicted molar refractivity (Wildman–Crippen MR) is 90.2 cm³/mol. The van der Waals surface area contributed by atoms with Crippen LogP contribution in [0.5, 0.6) is 5.75 Å². The molecule has 0 aliphatic carbocycles. The fourth-order valence-electron chi connectivity index (χ4n) is 2.45. The molecule has 27 heavy (non-hydrogen) atoms. The number of para-hydroxylation sites is 1. The minimum absolute atomic E-state index is 0.0144. The quantitative estimate of drug-likeness (QED) is 0.368. The third-order valence-electron chi connectivity index (χ3n) is 3.73. The molecule has 1 heterocycles. The van der Waals surface area contributed by atoms with Gasteiger partial charge in [0.1, 0.15) is 11.4 Å². The van der Waals surface area contributed by atoms with Gasteiger partial charge in [-0.05, 0) is 30.3 Å². The molecule has 4 amide bonds. The zero-order valence-electron chi connectivity index (χ0n) is 13.4. The third kappa shape index (κ3) is 3.23. The molecule has 0 radical (unpaired) electrons. The van der Waals surface area contributed by atoms with E-state index >= 15 is 0 Å². The van der Waals surface area contributed by atoms with Crippen LogP contribution in [0, 0.1) is 15.9 Å². The van der Waals surface area contributed by atoms with Gasteiger partial charge in [0.25, 0.3) is 11.8 Å². The van der Waals surface area contributed by atoms with Crippen LogP contribution in [0.2, 0.25) is 0 Å². The fraction of sp³-hybridized carbons (Fsp3) is 0. The highest BCUT2D eigenvalue weighted by atomic mass is 19.1. The van der Waals surface area contributed by atoms with Crippen LogP contribution in [0.15, 0.2) is 48.0 Å². The molecule has 1 fully saturated rings. The lowest BCUT2D eigenvalue weighted by Crippen LogP contribution is -2.54. The number of urea groups is 1. The van der Waals surface area contributed by atoms with Crippen molar-refractivity contribution in [2.45, 2.75) is 0 Å². The van der Waals surface area contributed by atoms with Crippen LogP contribution >= 0.6 is 0 Å². The fourth-order valence-corrected chi connectivity index (χ4v) is 2.45. The SMILES string of the molecule is O=C1NC(=O)N(c2ccc(F)cc2)C(=O)/C1=C/c1cccc([N+](=O)[O-])c1O. The van der Waals surface area contributed by atoms with E-state index in [4.69, 9.17) is 0 Å². The molecule has 2 N–H and O–H groups in total. The maximum Gasteiger partial charge on any atom is 0.335 e. The Hall–Kier alpha value is -4.08. The molecule has 0 spiro atoms.